The number of hydrogen-bond donors (Lipinski definition) is 0. The predicted octanol–water partition coefficient (Wildman–Crippen LogP) is 1.22. The van der Waals surface area contributed by atoms with Crippen LogP contribution in [-0.4, -0.2) is 25.8 Å². The van der Waals surface area contributed by atoms with Crippen molar-refractivity contribution >= 4 is 15.9 Å². The predicted molar refractivity (Wildman–Crippen MR) is 45.7 cm³/mol. The second kappa shape index (κ2) is 3.43. The molecule has 2 aliphatic carbocycles. The average molecular weight is 258 g/mol. The summed E-state index contributed by atoms with van der Waals surface area (Å²) in [5, 5.41) is 0. The smallest absolute Gasteiger partial charge is 0.296 e. The van der Waals surface area contributed by atoms with Crippen LogP contribution < -0.4 is 0 Å². The van der Waals surface area contributed by atoms with Crippen LogP contribution in [0.3, 0.4) is 0 Å². The lowest BCUT2D eigenvalue weighted by atomic mass is 9.97. The van der Waals surface area contributed by atoms with Crippen LogP contribution in [-0.2, 0) is 19.1 Å². The van der Waals surface area contributed by atoms with Gasteiger partial charge >= 0.3 is 15.6 Å². The Labute approximate surface area is 89.9 Å². The monoisotopic (exact) mass is 258 g/mol. The van der Waals surface area contributed by atoms with Crippen LogP contribution in [0, 0.1) is 11.8 Å². The highest BCUT2D eigenvalue weighted by atomic mass is 32.2. The molecular formula is C8H9F3O4S. The Kier molecular flexibility index (Phi) is 2.54. The number of hydrogen-bond acceptors (Lipinski definition) is 4. The summed E-state index contributed by atoms with van der Waals surface area (Å²) >= 11 is 0. The third kappa shape index (κ3) is 1.73. The topological polar surface area (TPSA) is 60.4 Å². The van der Waals surface area contributed by atoms with Gasteiger partial charge < -0.3 is 0 Å². The zero-order chi connectivity index (χ0) is 12.1. The molecule has 0 saturated heterocycles. The van der Waals surface area contributed by atoms with Gasteiger partial charge in [0.05, 0.1) is 0 Å². The Morgan fingerprint density at radius 1 is 1.25 bits per heavy atom. The minimum absolute atomic E-state index is 0.321. The highest BCUT2D eigenvalue weighted by Crippen LogP contribution is 2.44. The van der Waals surface area contributed by atoms with E-state index in [1.165, 1.54) is 0 Å². The van der Waals surface area contributed by atoms with Crippen LogP contribution in [0.4, 0.5) is 13.2 Å². The number of rotatable bonds is 2. The Hall–Kier alpha value is -0.630. The minimum atomic E-state index is -5.66. The van der Waals surface area contributed by atoms with E-state index in [0.29, 0.717) is 19.3 Å². The largest absolute Gasteiger partial charge is 0.523 e. The summed E-state index contributed by atoms with van der Waals surface area (Å²) in [6.45, 7) is 0. The van der Waals surface area contributed by atoms with Crippen molar-refractivity contribution in [3.63, 3.8) is 0 Å². The van der Waals surface area contributed by atoms with Crippen LogP contribution in [0.2, 0.25) is 0 Å². The summed E-state index contributed by atoms with van der Waals surface area (Å²) in [4.78, 5) is 11.4. The molecule has 0 aliphatic heterocycles. The van der Waals surface area contributed by atoms with Crippen LogP contribution in [0.25, 0.3) is 0 Å². The number of ketones is 1. The van der Waals surface area contributed by atoms with E-state index in [9.17, 15) is 26.4 Å². The maximum absolute atomic E-state index is 12.0. The van der Waals surface area contributed by atoms with Crippen molar-refractivity contribution in [1.29, 1.82) is 0 Å². The molecule has 16 heavy (non-hydrogen) atoms. The van der Waals surface area contributed by atoms with E-state index < -0.39 is 27.5 Å². The molecule has 8 heteroatoms. The number of halogens is 3. The van der Waals surface area contributed by atoms with Crippen molar-refractivity contribution in [3.05, 3.63) is 0 Å². The average Bonchev–Trinajstić information content (AvgIpc) is 2.67. The maximum atomic E-state index is 12.0. The minimum Gasteiger partial charge on any atom is -0.296 e. The molecule has 2 aliphatic rings. The van der Waals surface area contributed by atoms with Crippen molar-refractivity contribution in [2.24, 2.45) is 11.8 Å². The van der Waals surface area contributed by atoms with Gasteiger partial charge in [0.25, 0.3) is 0 Å². The first-order chi connectivity index (χ1) is 7.22. The first-order valence-corrected chi connectivity index (χ1v) is 6.16. The normalized spacial score (nSPS) is 34.7. The van der Waals surface area contributed by atoms with E-state index >= 15 is 0 Å². The Morgan fingerprint density at radius 2 is 1.88 bits per heavy atom. The third-order valence-corrected chi connectivity index (χ3v) is 4.13. The van der Waals surface area contributed by atoms with Gasteiger partial charge in [0.1, 0.15) is 6.10 Å². The van der Waals surface area contributed by atoms with Gasteiger partial charge in [-0.15, -0.1) is 0 Å². The summed E-state index contributed by atoms with van der Waals surface area (Å²) in [6.07, 6.45) is 0.186. The van der Waals surface area contributed by atoms with Gasteiger partial charge in [0.15, 0.2) is 5.78 Å². The fourth-order valence-corrected chi connectivity index (χ4v) is 2.97. The van der Waals surface area contributed by atoms with Crippen molar-refractivity contribution in [2.75, 3.05) is 0 Å². The summed E-state index contributed by atoms with van der Waals surface area (Å²) < 4.78 is 61.6. The Balaban J connectivity index is 2.15. The molecule has 0 amide bonds. The molecule has 2 saturated carbocycles. The molecule has 92 valence electrons. The number of carbonyl (C=O) groups is 1. The molecule has 4 nitrogen and oxygen atoms in total. The lowest BCUT2D eigenvalue weighted by Gasteiger charge is -2.20. The lowest BCUT2D eigenvalue weighted by Crippen LogP contribution is -2.37. The van der Waals surface area contributed by atoms with Crippen molar-refractivity contribution in [1.82, 2.24) is 0 Å². The van der Waals surface area contributed by atoms with Crippen molar-refractivity contribution in [3.8, 4) is 0 Å². The Morgan fingerprint density at radius 3 is 2.31 bits per heavy atom. The second-order valence-corrected chi connectivity index (χ2v) is 5.65. The number of alkyl halides is 3. The number of carbonyl (C=O) groups excluding carboxylic acids is 1. The molecule has 0 unspecified atom stereocenters. The molecule has 0 aromatic heterocycles. The van der Waals surface area contributed by atoms with Gasteiger partial charge in [-0.2, -0.15) is 21.6 Å². The zero-order valence-electron chi connectivity index (χ0n) is 8.03. The van der Waals surface area contributed by atoms with Crippen LogP contribution >= 0.6 is 0 Å². The fraction of sp³-hybridized carbons (Fsp3) is 0.875. The van der Waals surface area contributed by atoms with E-state index in [0.717, 1.165) is 0 Å². The van der Waals surface area contributed by atoms with E-state index in [1.54, 1.807) is 0 Å². The highest BCUT2D eigenvalue weighted by molar-refractivity contribution is 7.87. The summed E-state index contributed by atoms with van der Waals surface area (Å²) in [6, 6.07) is 0. The highest BCUT2D eigenvalue weighted by Gasteiger charge is 2.55. The first-order valence-electron chi connectivity index (χ1n) is 4.75. The molecule has 2 bridgehead atoms. The van der Waals surface area contributed by atoms with E-state index in [4.69, 9.17) is 0 Å². The zero-order valence-corrected chi connectivity index (χ0v) is 8.85. The van der Waals surface area contributed by atoms with Crippen molar-refractivity contribution in [2.45, 2.75) is 30.9 Å². The summed E-state index contributed by atoms with van der Waals surface area (Å²) in [5.41, 5.74) is -5.46. The summed E-state index contributed by atoms with van der Waals surface area (Å²) in [5.74, 6) is -1.21. The molecule has 3 atom stereocenters. The molecule has 0 aromatic carbocycles. The Bertz CT molecular complexity index is 413. The van der Waals surface area contributed by atoms with Gasteiger partial charge in [0.2, 0.25) is 0 Å². The third-order valence-electron chi connectivity index (χ3n) is 3.10. The molecule has 0 spiro atoms. The number of Topliss-reactive ketones (excluding diaryl/α,β-unsaturated/α-hetero) is 1. The van der Waals surface area contributed by atoms with E-state index in [1.807, 2.05) is 0 Å². The van der Waals surface area contributed by atoms with E-state index in [-0.39, 0.29) is 11.8 Å². The summed E-state index contributed by atoms with van der Waals surface area (Å²) in [7, 11) is -5.66. The van der Waals surface area contributed by atoms with Gasteiger partial charge in [0, 0.05) is 5.92 Å². The standard InChI is InChI=1S/C8H9F3O4S/c9-8(10,11)16(13,14)15-7-5-2-1-4(3-5)6(7)12/h4-5,7H,1-3H2/t4-,5+,7-/m1/s1. The van der Waals surface area contributed by atoms with Gasteiger partial charge in [-0.25, -0.2) is 0 Å². The van der Waals surface area contributed by atoms with Crippen LogP contribution in [0.5, 0.6) is 0 Å². The molecule has 2 rings (SSSR count). The molecule has 0 N–H and O–H groups in total. The van der Waals surface area contributed by atoms with E-state index in [2.05, 4.69) is 4.18 Å². The van der Waals surface area contributed by atoms with Gasteiger partial charge in [-0.05, 0) is 25.2 Å². The molecular weight excluding hydrogens is 249 g/mol. The fourth-order valence-electron chi connectivity index (χ4n) is 2.33. The molecule has 0 radical (unpaired) electrons. The van der Waals surface area contributed by atoms with Gasteiger partial charge in [-0.1, -0.05) is 0 Å². The van der Waals surface area contributed by atoms with Crippen LogP contribution in [0.1, 0.15) is 19.3 Å². The molecule has 0 aromatic rings. The maximum Gasteiger partial charge on any atom is 0.523 e. The molecule has 2 fully saturated rings. The van der Waals surface area contributed by atoms with Crippen LogP contribution in [0.15, 0.2) is 0 Å². The van der Waals surface area contributed by atoms with Gasteiger partial charge in [-0.3, -0.25) is 8.98 Å². The molecule has 0 heterocycles. The first kappa shape index (κ1) is 11.8. The quantitative estimate of drug-likeness (QED) is 0.552. The SMILES string of the molecule is O=C1[C@@H]2CC[C@@H](C2)[C@H]1OS(=O)(=O)C(F)(F)F. The number of fused-ring (bicyclic) bond motifs is 2. The van der Waals surface area contributed by atoms with Crippen molar-refractivity contribution < 1.29 is 30.6 Å². The second-order valence-electron chi connectivity index (χ2n) is 4.09. The lowest BCUT2D eigenvalue weighted by molar-refractivity contribution is -0.129.